The van der Waals surface area contributed by atoms with Crippen molar-refractivity contribution in [2.45, 2.75) is 46.5 Å². The lowest BCUT2D eigenvalue weighted by atomic mass is 9.98. The SMILES string of the molecule is CCCC[C@H](CC)C(=O)Nc1c(-c2cccc(F)c2F)nc2cc(C)ccn12. The van der Waals surface area contributed by atoms with Crippen molar-refractivity contribution in [3.05, 3.63) is 53.7 Å². The number of aromatic nitrogens is 2. The molecule has 0 bridgehead atoms. The van der Waals surface area contributed by atoms with E-state index in [1.54, 1.807) is 10.6 Å². The molecule has 0 aliphatic carbocycles. The Morgan fingerprint density at radius 1 is 1.25 bits per heavy atom. The molecule has 0 aliphatic heterocycles. The van der Waals surface area contributed by atoms with Gasteiger partial charge in [0.25, 0.3) is 0 Å². The molecule has 3 rings (SSSR count). The summed E-state index contributed by atoms with van der Waals surface area (Å²) in [7, 11) is 0. The van der Waals surface area contributed by atoms with Crippen LogP contribution in [0.3, 0.4) is 0 Å². The van der Waals surface area contributed by atoms with Gasteiger partial charge in [-0.15, -0.1) is 0 Å². The van der Waals surface area contributed by atoms with Crippen molar-refractivity contribution in [3.8, 4) is 11.3 Å². The number of hydrogen-bond donors (Lipinski definition) is 1. The van der Waals surface area contributed by atoms with Crippen LogP contribution in [0.5, 0.6) is 0 Å². The van der Waals surface area contributed by atoms with E-state index in [1.807, 2.05) is 26.0 Å². The quantitative estimate of drug-likeness (QED) is 0.563. The van der Waals surface area contributed by atoms with Crippen molar-refractivity contribution in [1.29, 1.82) is 0 Å². The van der Waals surface area contributed by atoms with Crippen LogP contribution in [0.1, 0.15) is 45.1 Å². The van der Waals surface area contributed by atoms with Gasteiger partial charge in [0.1, 0.15) is 17.2 Å². The monoisotopic (exact) mass is 385 g/mol. The molecule has 2 aromatic heterocycles. The lowest BCUT2D eigenvalue weighted by molar-refractivity contribution is -0.120. The largest absolute Gasteiger partial charge is 0.310 e. The summed E-state index contributed by atoms with van der Waals surface area (Å²) in [5.41, 5.74) is 1.80. The zero-order valence-corrected chi connectivity index (χ0v) is 16.4. The standard InChI is InChI=1S/C22H25F2N3O/c1-4-6-8-15(5-2)22(28)26-21-20(16-9-7-10-17(23)19(16)24)25-18-13-14(3)11-12-27(18)21/h7,9-13,15H,4-6,8H2,1-3H3,(H,26,28)/t15-/m0/s1. The van der Waals surface area contributed by atoms with E-state index in [9.17, 15) is 13.6 Å². The Morgan fingerprint density at radius 2 is 2.04 bits per heavy atom. The fraction of sp³-hybridized carbons (Fsp3) is 0.364. The number of halogens is 2. The van der Waals surface area contributed by atoms with Gasteiger partial charge in [-0.2, -0.15) is 0 Å². The van der Waals surface area contributed by atoms with Crippen molar-refractivity contribution >= 4 is 17.4 Å². The van der Waals surface area contributed by atoms with Gasteiger partial charge in [-0.25, -0.2) is 13.8 Å². The van der Waals surface area contributed by atoms with Crippen molar-refractivity contribution in [2.24, 2.45) is 5.92 Å². The minimum absolute atomic E-state index is 0.0262. The number of imidazole rings is 1. The van der Waals surface area contributed by atoms with Gasteiger partial charge in [0.15, 0.2) is 11.6 Å². The molecule has 6 heteroatoms. The minimum Gasteiger partial charge on any atom is -0.310 e. The summed E-state index contributed by atoms with van der Waals surface area (Å²) in [6.45, 7) is 5.99. The number of rotatable bonds is 7. The fourth-order valence-electron chi connectivity index (χ4n) is 3.33. The van der Waals surface area contributed by atoms with Crippen LogP contribution in [0.2, 0.25) is 0 Å². The highest BCUT2D eigenvalue weighted by atomic mass is 19.2. The third-order valence-corrected chi connectivity index (χ3v) is 5.00. The highest BCUT2D eigenvalue weighted by Gasteiger charge is 2.23. The van der Waals surface area contributed by atoms with E-state index in [0.29, 0.717) is 17.9 Å². The van der Waals surface area contributed by atoms with Gasteiger partial charge in [0.05, 0.1) is 0 Å². The number of fused-ring (bicyclic) bond motifs is 1. The first-order valence-electron chi connectivity index (χ1n) is 9.70. The molecular weight excluding hydrogens is 360 g/mol. The van der Waals surface area contributed by atoms with Crippen LogP contribution in [-0.4, -0.2) is 15.3 Å². The summed E-state index contributed by atoms with van der Waals surface area (Å²) < 4.78 is 30.0. The molecule has 0 radical (unpaired) electrons. The Morgan fingerprint density at radius 3 is 2.75 bits per heavy atom. The Hall–Kier alpha value is -2.76. The van der Waals surface area contributed by atoms with Crippen molar-refractivity contribution in [2.75, 3.05) is 5.32 Å². The second kappa shape index (κ2) is 8.50. The number of carbonyl (C=O) groups excluding carboxylic acids is 1. The summed E-state index contributed by atoms with van der Waals surface area (Å²) in [6.07, 6.45) is 5.26. The number of hydrogen-bond acceptors (Lipinski definition) is 2. The van der Waals surface area contributed by atoms with Crippen molar-refractivity contribution in [1.82, 2.24) is 9.38 Å². The average molecular weight is 385 g/mol. The zero-order valence-electron chi connectivity index (χ0n) is 16.4. The molecule has 3 aromatic rings. The van der Waals surface area contributed by atoms with Gasteiger partial charge in [0.2, 0.25) is 5.91 Å². The number of carbonyl (C=O) groups is 1. The van der Waals surface area contributed by atoms with Crippen LogP contribution in [0.25, 0.3) is 16.9 Å². The molecular formula is C22H25F2N3O. The normalized spacial score (nSPS) is 12.3. The highest BCUT2D eigenvalue weighted by molar-refractivity contribution is 5.96. The van der Waals surface area contributed by atoms with E-state index in [1.165, 1.54) is 12.1 Å². The molecule has 0 saturated carbocycles. The van der Waals surface area contributed by atoms with Gasteiger partial charge >= 0.3 is 0 Å². The first-order chi connectivity index (χ1) is 13.5. The van der Waals surface area contributed by atoms with E-state index < -0.39 is 11.6 Å². The van der Waals surface area contributed by atoms with Gasteiger partial charge in [-0.05, 0) is 49.6 Å². The summed E-state index contributed by atoms with van der Waals surface area (Å²) in [6, 6.07) is 7.69. The number of anilines is 1. The topological polar surface area (TPSA) is 46.4 Å². The van der Waals surface area contributed by atoms with Gasteiger partial charge in [0, 0.05) is 17.7 Å². The molecule has 2 heterocycles. The Kier molecular flexibility index (Phi) is 6.07. The molecule has 0 fully saturated rings. The molecule has 0 spiro atoms. The lowest BCUT2D eigenvalue weighted by Crippen LogP contribution is -2.23. The summed E-state index contributed by atoms with van der Waals surface area (Å²) in [4.78, 5) is 17.4. The number of aryl methyl sites for hydroxylation is 1. The summed E-state index contributed by atoms with van der Waals surface area (Å²) in [5, 5.41) is 2.93. The van der Waals surface area contributed by atoms with Crippen LogP contribution in [0, 0.1) is 24.5 Å². The molecule has 0 unspecified atom stereocenters. The molecule has 1 atom stereocenters. The van der Waals surface area contributed by atoms with E-state index >= 15 is 0 Å². The van der Waals surface area contributed by atoms with E-state index in [-0.39, 0.29) is 23.1 Å². The number of unbranched alkanes of at least 4 members (excludes halogenated alkanes) is 1. The molecule has 1 amide bonds. The van der Waals surface area contributed by atoms with Crippen LogP contribution >= 0.6 is 0 Å². The fourth-order valence-corrected chi connectivity index (χ4v) is 3.33. The second-order valence-electron chi connectivity index (χ2n) is 7.08. The van der Waals surface area contributed by atoms with Crippen molar-refractivity contribution < 1.29 is 13.6 Å². The van der Waals surface area contributed by atoms with Crippen LogP contribution in [0.4, 0.5) is 14.6 Å². The smallest absolute Gasteiger partial charge is 0.228 e. The maximum Gasteiger partial charge on any atom is 0.228 e. The second-order valence-corrected chi connectivity index (χ2v) is 7.08. The maximum absolute atomic E-state index is 14.5. The predicted octanol–water partition coefficient (Wildman–Crippen LogP) is 5.74. The summed E-state index contributed by atoms with van der Waals surface area (Å²) >= 11 is 0. The van der Waals surface area contributed by atoms with Gasteiger partial charge in [-0.3, -0.25) is 9.20 Å². The molecule has 0 aliphatic rings. The number of amides is 1. The van der Waals surface area contributed by atoms with E-state index in [2.05, 4.69) is 17.2 Å². The number of nitrogens with one attached hydrogen (secondary N) is 1. The van der Waals surface area contributed by atoms with E-state index in [0.717, 1.165) is 30.9 Å². The van der Waals surface area contributed by atoms with E-state index in [4.69, 9.17) is 0 Å². The van der Waals surface area contributed by atoms with Crippen LogP contribution in [0.15, 0.2) is 36.5 Å². The third kappa shape index (κ3) is 3.91. The molecule has 148 valence electrons. The Bertz CT molecular complexity index is 997. The van der Waals surface area contributed by atoms with Crippen LogP contribution < -0.4 is 5.32 Å². The number of nitrogens with zero attached hydrogens (tertiary/aromatic N) is 2. The molecule has 0 saturated heterocycles. The Labute approximate surface area is 163 Å². The van der Waals surface area contributed by atoms with Crippen molar-refractivity contribution in [3.63, 3.8) is 0 Å². The number of benzene rings is 1. The van der Waals surface area contributed by atoms with Gasteiger partial charge in [-0.1, -0.05) is 32.8 Å². The first kappa shape index (κ1) is 20.0. The Balaban J connectivity index is 2.09. The zero-order chi connectivity index (χ0) is 20.3. The molecule has 1 aromatic carbocycles. The minimum atomic E-state index is -0.976. The number of pyridine rings is 1. The average Bonchev–Trinajstić information content (AvgIpc) is 3.01. The molecule has 1 N–H and O–H groups in total. The van der Waals surface area contributed by atoms with Gasteiger partial charge < -0.3 is 5.32 Å². The predicted molar refractivity (Wildman–Crippen MR) is 107 cm³/mol. The molecule has 4 nitrogen and oxygen atoms in total. The first-order valence-corrected chi connectivity index (χ1v) is 9.70. The molecule has 28 heavy (non-hydrogen) atoms. The van der Waals surface area contributed by atoms with Crippen LogP contribution in [-0.2, 0) is 4.79 Å². The highest BCUT2D eigenvalue weighted by Crippen LogP contribution is 2.32. The lowest BCUT2D eigenvalue weighted by Gasteiger charge is -2.15. The maximum atomic E-state index is 14.5. The summed E-state index contributed by atoms with van der Waals surface area (Å²) in [5.74, 6) is -1.83. The third-order valence-electron chi connectivity index (χ3n) is 5.00.